The summed E-state index contributed by atoms with van der Waals surface area (Å²) >= 11 is 5.79. The zero-order valence-electron chi connectivity index (χ0n) is 6.19. The minimum Gasteiger partial charge on any atom is -0.244 e. The van der Waals surface area contributed by atoms with Gasteiger partial charge in [0.2, 0.25) is 0 Å². The first-order chi connectivity index (χ1) is 4.74. The van der Waals surface area contributed by atoms with Crippen LogP contribution >= 0.6 is 11.6 Å². The predicted molar refractivity (Wildman–Crippen MR) is 43.4 cm³/mol. The van der Waals surface area contributed by atoms with Gasteiger partial charge in [-0.2, -0.15) is 0 Å². The van der Waals surface area contributed by atoms with Gasteiger partial charge in [0.15, 0.2) is 0 Å². The normalized spacial score (nSPS) is 9.90. The maximum atomic E-state index is 5.79. The van der Waals surface area contributed by atoms with E-state index < -0.39 is 0 Å². The van der Waals surface area contributed by atoms with Crippen LogP contribution in [0, 0.1) is 6.92 Å². The molecule has 0 aliphatic heterocycles. The van der Waals surface area contributed by atoms with Crippen molar-refractivity contribution >= 4 is 11.6 Å². The van der Waals surface area contributed by atoms with Crippen LogP contribution in [0.15, 0.2) is 12.3 Å². The van der Waals surface area contributed by atoms with Crippen LogP contribution in [0.25, 0.3) is 0 Å². The summed E-state index contributed by atoms with van der Waals surface area (Å²) < 4.78 is 0. The molecular formula is C8H10ClN. The molecule has 0 aliphatic rings. The molecule has 0 amide bonds. The second-order valence-corrected chi connectivity index (χ2v) is 2.67. The van der Waals surface area contributed by atoms with Crippen LogP contribution in [0.1, 0.15) is 18.1 Å². The highest BCUT2D eigenvalue weighted by Crippen LogP contribution is 2.13. The van der Waals surface area contributed by atoms with Crippen LogP contribution in [0.3, 0.4) is 0 Å². The molecule has 0 saturated carbocycles. The molecule has 54 valence electrons. The molecule has 0 aliphatic carbocycles. The van der Waals surface area contributed by atoms with E-state index in [1.165, 1.54) is 5.56 Å². The molecule has 0 unspecified atom stereocenters. The number of pyridine rings is 1. The van der Waals surface area contributed by atoms with Crippen molar-refractivity contribution in [3.8, 4) is 0 Å². The van der Waals surface area contributed by atoms with E-state index in [1.807, 2.05) is 6.92 Å². The Hall–Kier alpha value is -0.560. The van der Waals surface area contributed by atoms with Crippen LogP contribution in [-0.2, 0) is 6.42 Å². The summed E-state index contributed by atoms with van der Waals surface area (Å²) in [6, 6.07) is 2.06. The fourth-order valence-corrected chi connectivity index (χ4v) is 1.10. The van der Waals surface area contributed by atoms with Gasteiger partial charge in [-0.25, -0.2) is 4.98 Å². The average molecular weight is 156 g/mol. The van der Waals surface area contributed by atoms with E-state index in [9.17, 15) is 0 Å². The van der Waals surface area contributed by atoms with Crippen molar-refractivity contribution in [3.63, 3.8) is 0 Å². The first kappa shape index (κ1) is 7.55. The molecule has 1 aromatic rings. The number of hydrogen-bond donors (Lipinski definition) is 0. The van der Waals surface area contributed by atoms with Gasteiger partial charge in [-0.05, 0) is 24.5 Å². The van der Waals surface area contributed by atoms with Crippen LogP contribution in [0.4, 0.5) is 0 Å². The number of rotatable bonds is 1. The standard InChI is InChI=1S/C8H10ClN/c1-3-7-4-6(2)5-10-8(7)9/h4-5H,3H2,1-2H3. The smallest absolute Gasteiger partial charge is 0.132 e. The Morgan fingerprint density at radius 1 is 1.60 bits per heavy atom. The van der Waals surface area contributed by atoms with Crippen molar-refractivity contribution < 1.29 is 0 Å². The minimum absolute atomic E-state index is 0.633. The van der Waals surface area contributed by atoms with Crippen LogP contribution in [0.2, 0.25) is 5.15 Å². The lowest BCUT2D eigenvalue weighted by atomic mass is 10.2. The molecule has 1 nitrogen and oxygen atoms in total. The Labute approximate surface area is 66.0 Å². The minimum atomic E-state index is 0.633. The van der Waals surface area contributed by atoms with Gasteiger partial charge in [0.25, 0.3) is 0 Å². The van der Waals surface area contributed by atoms with Gasteiger partial charge in [0.05, 0.1) is 0 Å². The molecule has 1 heterocycles. The summed E-state index contributed by atoms with van der Waals surface area (Å²) in [5.41, 5.74) is 2.29. The van der Waals surface area contributed by atoms with E-state index in [0.717, 1.165) is 12.0 Å². The lowest BCUT2D eigenvalue weighted by Crippen LogP contribution is -1.86. The van der Waals surface area contributed by atoms with Crippen molar-refractivity contribution in [1.29, 1.82) is 0 Å². The molecular weight excluding hydrogens is 146 g/mol. The van der Waals surface area contributed by atoms with Crippen molar-refractivity contribution in [1.82, 2.24) is 4.98 Å². The first-order valence-electron chi connectivity index (χ1n) is 3.35. The first-order valence-corrected chi connectivity index (χ1v) is 3.73. The van der Waals surface area contributed by atoms with Gasteiger partial charge in [0, 0.05) is 6.20 Å². The van der Waals surface area contributed by atoms with Crippen molar-refractivity contribution in [2.24, 2.45) is 0 Å². The molecule has 1 rings (SSSR count). The summed E-state index contributed by atoms with van der Waals surface area (Å²) in [7, 11) is 0. The fourth-order valence-electron chi connectivity index (χ4n) is 0.861. The summed E-state index contributed by atoms with van der Waals surface area (Å²) in [4.78, 5) is 4.01. The van der Waals surface area contributed by atoms with Gasteiger partial charge in [-0.3, -0.25) is 0 Å². The lowest BCUT2D eigenvalue weighted by molar-refractivity contribution is 1.09. The predicted octanol–water partition coefficient (Wildman–Crippen LogP) is 2.61. The summed E-state index contributed by atoms with van der Waals surface area (Å²) in [6.45, 7) is 4.09. The Kier molecular flexibility index (Phi) is 2.28. The van der Waals surface area contributed by atoms with E-state index in [1.54, 1.807) is 6.20 Å². The Balaban J connectivity index is 3.09. The number of nitrogens with zero attached hydrogens (tertiary/aromatic N) is 1. The molecule has 0 fully saturated rings. The quantitative estimate of drug-likeness (QED) is 0.569. The Morgan fingerprint density at radius 3 is 2.80 bits per heavy atom. The molecule has 0 radical (unpaired) electrons. The van der Waals surface area contributed by atoms with Gasteiger partial charge < -0.3 is 0 Å². The Bertz CT molecular complexity index is 233. The van der Waals surface area contributed by atoms with E-state index in [4.69, 9.17) is 11.6 Å². The van der Waals surface area contributed by atoms with Crippen LogP contribution < -0.4 is 0 Å². The topological polar surface area (TPSA) is 12.9 Å². The third-order valence-corrected chi connectivity index (χ3v) is 1.77. The summed E-state index contributed by atoms with van der Waals surface area (Å²) in [6.07, 6.45) is 2.73. The second-order valence-electron chi connectivity index (χ2n) is 2.32. The molecule has 0 aromatic carbocycles. The van der Waals surface area contributed by atoms with Gasteiger partial charge >= 0.3 is 0 Å². The molecule has 1 aromatic heterocycles. The molecule has 0 spiro atoms. The van der Waals surface area contributed by atoms with E-state index in [2.05, 4.69) is 18.0 Å². The third kappa shape index (κ3) is 1.48. The van der Waals surface area contributed by atoms with Crippen LogP contribution in [0.5, 0.6) is 0 Å². The van der Waals surface area contributed by atoms with Gasteiger partial charge in [0.1, 0.15) is 5.15 Å². The fraction of sp³-hybridized carbons (Fsp3) is 0.375. The summed E-state index contributed by atoms with van der Waals surface area (Å²) in [5.74, 6) is 0. The Morgan fingerprint density at radius 2 is 2.30 bits per heavy atom. The third-order valence-electron chi connectivity index (χ3n) is 1.43. The average Bonchev–Trinajstić information content (AvgIpc) is 1.94. The second kappa shape index (κ2) is 3.02. The van der Waals surface area contributed by atoms with E-state index >= 15 is 0 Å². The highest BCUT2D eigenvalue weighted by atomic mass is 35.5. The number of halogens is 1. The highest BCUT2D eigenvalue weighted by molar-refractivity contribution is 6.30. The maximum Gasteiger partial charge on any atom is 0.132 e. The monoisotopic (exact) mass is 155 g/mol. The molecule has 0 saturated heterocycles. The molecule has 2 heteroatoms. The maximum absolute atomic E-state index is 5.79. The van der Waals surface area contributed by atoms with Crippen molar-refractivity contribution in [2.75, 3.05) is 0 Å². The van der Waals surface area contributed by atoms with E-state index in [-0.39, 0.29) is 0 Å². The largest absolute Gasteiger partial charge is 0.244 e. The number of aromatic nitrogens is 1. The number of aryl methyl sites for hydroxylation is 2. The van der Waals surface area contributed by atoms with Gasteiger partial charge in [-0.15, -0.1) is 0 Å². The molecule has 0 atom stereocenters. The molecule has 10 heavy (non-hydrogen) atoms. The van der Waals surface area contributed by atoms with Crippen molar-refractivity contribution in [2.45, 2.75) is 20.3 Å². The lowest BCUT2D eigenvalue weighted by Gasteiger charge is -1.99. The summed E-state index contributed by atoms with van der Waals surface area (Å²) in [5, 5.41) is 0.633. The molecule has 0 bridgehead atoms. The SMILES string of the molecule is CCc1cc(C)cnc1Cl. The zero-order chi connectivity index (χ0) is 7.56. The number of hydrogen-bond acceptors (Lipinski definition) is 1. The zero-order valence-corrected chi connectivity index (χ0v) is 6.94. The molecule has 0 N–H and O–H groups in total. The highest BCUT2D eigenvalue weighted by Gasteiger charge is 1.97. The van der Waals surface area contributed by atoms with Crippen LogP contribution in [-0.4, -0.2) is 4.98 Å². The van der Waals surface area contributed by atoms with Gasteiger partial charge in [-0.1, -0.05) is 24.6 Å². The van der Waals surface area contributed by atoms with Crippen molar-refractivity contribution in [3.05, 3.63) is 28.5 Å². The van der Waals surface area contributed by atoms with E-state index in [0.29, 0.717) is 5.15 Å².